The minimum atomic E-state index is -0.325. The van der Waals surface area contributed by atoms with Gasteiger partial charge in [0.05, 0.1) is 19.1 Å². The lowest BCUT2D eigenvalue weighted by molar-refractivity contribution is -0.121. The van der Waals surface area contributed by atoms with Crippen LogP contribution in [0.25, 0.3) is 0 Å². The molecule has 0 aliphatic carbocycles. The van der Waals surface area contributed by atoms with Crippen LogP contribution in [0.15, 0.2) is 24.3 Å². The van der Waals surface area contributed by atoms with Crippen LogP contribution in [0.4, 0.5) is 4.39 Å². The van der Waals surface area contributed by atoms with Gasteiger partial charge in [0.15, 0.2) is 0 Å². The van der Waals surface area contributed by atoms with Gasteiger partial charge in [0, 0.05) is 12.4 Å². The van der Waals surface area contributed by atoms with Crippen LogP contribution < -0.4 is 5.32 Å². The number of ether oxygens (including phenoxy) is 1. The lowest BCUT2D eigenvalue weighted by atomic mass is 10.1. The molecule has 0 aromatic heterocycles. The van der Waals surface area contributed by atoms with Crippen LogP contribution in [0.5, 0.6) is 0 Å². The van der Waals surface area contributed by atoms with Crippen molar-refractivity contribution in [2.75, 3.05) is 19.0 Å². The molecule has 18 heavy (non-hydrogen) atoms. The van der Waals surface area contributed by atoms with E-state index >= 15 is 0 Å². The molecule has 1 amide bonds. The fourth-order valence-electron chi connectivity index (χ4n) is 1.64. The molecule has 0 saturated carbocycles. The molecule has 0 aliphatic heterocycles. The first-order valence-electron chi connectivity index (χ1n) is 5.74. The van der Waals surface area contributed by atoms with Crippen molar-refractivity contribution in [3.63, 3.8) is 0 Å². The van der Waals surface area contributed by atoms with Gasteiger partial charge in [0.25, 0.3) is 0 Å². The number of carbonyl (C=O) groups excluding carboxylic acids is 1. The standard InChI is InChI=1S/C13H17BrFNO2/c1-18-9-12(5-6-14)16-13(17)8-10-3-2-4-11(15)7-10/h2-4,7,12H,5-6,8-9H2,1H3,(H,16,17). The number of alkyl halides is 1. The van der Waals surface area contributed by atoms with Crippen molar-refractivity contribution in [3.8, 4) is 0 Å². The predicted octanol–water partition coefficient (Wildman–Crippen LogP) is 2.28. The van der Waals surface area contributed by atoms with Gasteiger partial charge in [-0.3, -0.25) is 4.79 Å². The van der Waals surface area contributed by atoms with E-state index in [9.17, 15) is 9.18 Å². The van der Waals surface area contributed by atoms with Crippen molar-refractivity contribution in [2.24, 2.45) is 0 Å². The van der Waals surface area contributed by atoms with E-state index in [0.29, 0.717) is 12.2 Å². The number of nitrogens with one attached hydrogen (secondary N) is 1. The molecule has 0 heterocycles. The number of carbonyl (C=O) groups is 1. The number of rotatable bonds is 7. The Labute approximate surface area is 115 Å². The second-order valence-electron chi connectivity index (χ2n) is 4.00. The number of hydrogen-bond acceptors (Lipinski definition) is 2. The van der Waals surface area contributed by atoms with Gasteiger partial charge >= 0.3 is 0 Å². The maximum absolute atomic E-state index is 13.0. The summed E-state index contributed by atoms with van der Waals surface area (Å²) in [7, 11) is 1.60. The Bertz CT molecular complexity index is 381. The summed E-state index contributed by atoms with van der Waals surface area (Å²) in [6.07, 6.45) is 0.975. The Balaban J connectivity index is 2.49. The van der Waals surface area contributed by atoms with Crippen molar-refractivity contribution in [1.29, 1.82) is 0 Å². The number of amides is 1. The second-order valence-corrected chi connectivity index (χ2v) is 4.80. The highest BCUT2D eigenvalue weighted by molar-refractivity contribution is 9.09. The first-order chi connectivity index (χ1) is 8.65. The third kappa shape index (κ3) is 5.60. The largest absolute Gasteiger partial charge is 0.383 e. The molecule has 0 saturated heterocycles. The van der Waals surface area contributed by atoms with Crippen LogP contribution in [0.1, 0.15) is 12.0 Å². The maximum atomic E-state index is 13.0. The highest BCUT2D eigenvalue weighted by Gasteiger charge is 2.12. The third-order valence-corrected chi connectivity index (χ3v) is 2.90. The molecule has 0 aliphatic rings. The van der Waals surface area contributed by atoms with E-state index in [0.717, 1.165) is 11.8 Å². The van der Waals surface area contributed by atoms with E-state index in [1.54, 1.807) is 19.2 Å². The van der Waals surface area contributed by atoms with Gasteiger partial charge in [0.1, 0.15) is 5.82 Å². The van der Waals surface area contributed by atoms with Gasteiger partial charge in [-0.2, -0.15) is 0 Å². The summed E-state index contributed by atoms with van der Waals surface area (Å²) in [5, 5.41) is 3.66. The first kappa shape index (κ1) is 15.1. The molecule has 100 valence electrons. The second kappa shape index (κ2) is 8.21. The third-order valence-electron chi connectivity index (χ3n) is 2.44. The Morgan fingerprint density at radius 3 is 2.94 bits per heavy atom. The number of benzene rings is 1. The molecule has 1 rings (SSSR count). The smallest absolute Gasteiger partial charge is 0.224 e. The van der Waals surface area contributed by atoms with Gasteiger partial charge in [-0.05, 0) is 24.1 Å². The molecule has 3 nitrogen and oxygen atoms in total. The van der Waals surface area contributed by atoms with E-state index in [2.05, 4.69) is 21.2 Å². The number of halogens is 2. The monoisotopic (exact) mass is 317 g/mol. The topological polar surface area (TPSA) is 38.3 Å². The molecule has 1 N–H and O–H groups in total. The molecule has 1 aromatic rings. The number of hydrogen-bond donors (Lipinski definition) is 1. The molecule has 0 radical (unpaired) electrons. The fraction of sp³-hybridized carbons (Fsp3) is 0.462. The van der Waals surface area contributed by atoms with Crippen LogP contribution in [-0.4, -0.2) is 31.0 Å². The van der Waals surface area contributed by atoms with Crippen molar-refractivity contribution in [2.45, 2.75) is 18.9 Å². The minimum absolute atomic E-state index is 0.0181. The average Bonchev–Trinajstić information content (AvgIpc) is 2.29. The molecule has 1 atom stereocenters. The molecule has 1 unspecified atom stereocenters. The summed E-state index contributed by atoms with van der Waals surface area (Å²) in [6, 6.07) is 6.05. The van der Waals surface area contributed by atoms with Gasteiger partial charge in [-0.15, -0.1) is 0 Å². The van der Waals surface area contributed by atoms with E-state index in [-0.39, 0.29) is 24.2 Å². The minimum Gasteiger partial charge on any atom is -0.383 e. The van der Waals surface area contributed by atoms with Crippen molar-refractivity contribution < 1.29 is 13.9 Å². The average molecular weight is 318 g/mol. The van der Waals surface area contributed by atoms with Crippen LogP contribution in [-0.2, 0) is 16.0 Å². The molecular formula is C13H17BrFNO2. The van der Waals surface area contributed by atoms with Crippen LogP contribution >= 0.6 is 15.9 Å². The summed E-state index contributed by atoms with van der Waals surface area (Å²) in [5.74, 6) is -0.446. The van der Waals surface area contributed by atoms with Crippen molar-refractivity contribution in [3.05, 3.63) is 35.6 Å². The van der Waals surface area contributed by atoms with Crippen LogP contribution in [0.3, 0.4) is 0 Å². The van der Waals surface area contributed by atoms with E-state index in [4.69, 9.17) is 4.74 Å². The molecule has 0 spiro atoms. The predicted molar refractivity (Wildman–Crippen MR) is 72.3 cm³/mol. The summed E-state index contributed by atoms with van der Waals surface area (Å²) < 4.78 is 18.0. The SMILES string of the molecule is COCC(CCBr)NC(=O)Cc1cccc(F)c1. The quantitative estimate of drug-likeness (QED) is 0.784. The molecular weight excluding hydrogens is 301 g/mol. The highest BCUT2D eigenvalue weighted by atomic mass is 79.9. The Morgan fingerprint density at radius 2 is 2.33 bits per heavy atom. The molecule has 0 bridgehead atoms. The van der Waals surface area contributed by atoms with Crippen LogP contribution in [0.2, 0.25) is 0 Å². The van der Waals surface area contributed by atoms with Gasteiger partial charge in [-0.25, -0.2) is 4.39 Å². The molecule has 5 heteroatoms. The Hall–Kier alpha value is -0.940. The molecule has 0 fully saturated rings. The van der Waals surface area contributed by atoms with E-state index in [1.165, 1.54) is 12.1 Å². The van der Waals surface area contributed by atoms with Crippen LogP contribution in [0, 0.1) is 5.82 Å². The van der Waals surface area contributed by atoms with Gasteiger partial charge in [-0.1, -0.05) is 28.1 Å². The number of methoxy groups -OCH3 is 1. The van der Waals surface area contributed by atoms with E-state index < -0.39 is 0 Å². The Morgan fingerprint density at radius 1 is 1.56 bits per heavy atom. The van der Waals surface area contributed by atoms with E-state index in [1.807, 2.05) is 0 Å². The lowest BCUT2D eigenvalue weighted by Gasteiger charge is -2.16. The summed E-state index contributed by atoms with van der Waals surface area (Å²) in [6.45, 7) is 0.473. The maximum Gasteiger partial charge on any atom is 0.224 e. The highest BCUT2D eigenvalue weighted by Crippen LogP contribution is 2.05. The first-order valence-corrected chi connectivity index (χ1v) is 6.86. The lowest BCUT2D eigenvalue weighted by Crippen LogP contribution is -2.39. The summed E-state index contributed by atoms with van der Waals surface area (Å²) in [4.78, 5) is 11.8. The Kier molecular flexibility index (Phi) is 6.90. The molecule has 1 aromatic carbocycles. The van der Waals surface area contributed by atoms with Crippen molar-refractivity contribution >= 4 is 21.8 Å². The zero-order valence-electron chi connectivity index (χ0n) is 10.3. The summed E-state index contributed by atoms with van der Waals surface area (Å²) in [5.41, 5.74) is 0.669. The summed E-state index contributed by atoms with van der Waals surface area (Å²) >= 11 is 3.33. The normalized spacial score (nSPS) is 12.2. The zero-order chi connectivity index (χ0) is 13.4. The van der Waals surface area contributed by atoms with Gasteiger partial charge in [0.2, 0.25) is 5.91 Å². The van der Waals surface area contributed by atoms with Crippen molar-refractivity contribution in [1.82, 2.24) is 5.32 Å². The van der Waals surface area contributed by atoms with Gasteiger partial charge < -0.3 is 10.1 Å². The fourth-order valence-corrected chi connectivity index (χ4v) is 2.19. The zero-order valence-corrected chi connectivity index (χ0v) is 11.9.